The molecule has 0 spiro atoms. The Morgan fingerprint density at radius 1 is 1.04 bits per heavy atom. The van der Waals surface area contributed by atoms with Gasteiger partial charge in [0.05, 0.1) is 0 Å². The largest absolute Gasteiger partial charge is 0.483 e. The van der Waals surface area contributed by atoms with Gasteiger partial charge < -0.3 is 14.8 Å². The van der Waals surface area contributed by atoms with Crippen LogP contribution in [0.1, 0.15) is 30.5 Å². The summed E-state index contributed by atoms with van der Waals surface area (Å²) in [7, 11) is 0. The number of hydrogen-bond donors (Lipinski definition) is 1. The number of anilines is 1. The van der Waals surface area contributed by atoms with Crippen molar-refractivity contribution in [1.82, 2.24) is 0 Å². The molecule has 1 heterocycles. The number of rotatable bonds is 4. The molecule has 0 radical (unpaired) electrons. The van der Waals surface area contributed by atoms with Crippen LogP contribution in [0.25, 0.3) is 10.8 Å². The van der Waals surface area contributed by atoms with Gasteiger partial charge in [0, 0.05) is 23.1 Å². The van der Waals surface area contributed by atoms with Gasteiger partial charge in [0.1, 0.15) is 5.60 Å². The second kappa shape index (κ2) is 6.26. The van der Waals surface area contributed by atoms with Gasteiger partial charge in [0.2, 0.25) is 0 Å². The molecule has 1 aliphatic carbocycles. The van der Waals surface area contributed by atoms with Crippen molar-refractivity contribution in [2.24, 2.45) is 0 Å². The minimum Gasteiger partial charge on any atom is -0.483 e. The van der Waals surface area contributed by atoms with E-state index in [2.05, 4.69) is 43.4 Å². The Morgan fingerprint density at radius 3 is 2.64 bits per heavy atom. The molecule has 0 atom stereocenters. The second-order valence-electron chi connectivity index (χ2n) is 8.23. The minimum atomic E-state index is -0.241. The first kappa shape index (κ1) is 17.1. The van der Waals surface area contributed by atoms with Crippen molar-refractivity contribution in [2.45, 2.75) is 38.7 Å². The van der Waals surface area contributed by atoms with Gasteiger partial charge in [0.15, 0.2) is 18.1 Å². The van der Waals surface area contributed by atoms with Crippen molar-refractivity contribution in [3.05, 3.63) is 65.2 Å². The molecule has 4 heteroatoms. The summed E-state index contributed by atoms with van der Waals surface area (Å²) in [6.07, 6.45) is 2.98. The highest BCUT2D eigenvalue weighted by molar-refractivity contribution is 6.05. The third-order valence-corrected chi connectivity index (χ3v) is 5.56. The van der Waals surface area contributed by atoms with E-state index in [0.717, 1.165) is 41.6 Å². The van der Waals surface area contributed by atoms with Gasteiger partial charge in [-0.25, -0.2) is 0 Å². The first-order valence-corrected chi connectivity index (χ1v) is 9.77. The molecule has 0 unspecified atom stereocenters. The topological polar surface area (TPSA) is 47.6 Å². The van der Waals surface area contributed by atoms with E-state index in [0.29, 0.717) is 5.75 Å². The molecule has 1 aliphatic heterocycles. The second-order valence-corrected chi connectivity index (χ2v) is 8.23. The number of hydrogen-bond acceptors (Lipinski definition) is 3. The van der Waals surface area contributed by atoms with Crippen LogP contribution in [-0.2, 0) is 24.1 Å². The van der Waals surface area contributed by atoms with Crippen LogP contribution >= 0.6 is 0 Å². The maximum Gasteiger partial charge on any atom is 0.262 e. The van der Waals surface area contributed by atoms with Gasteiger partial charge in [-0.15, -0.1) is 0 Å². The van der Waals surface area contributed by atoms with Crippen LogP contribution in [0.2, 0.25) is 0 Å². The zero-order valence-electron chi connectivity index (χ0n) is 16.2. The molecule has 28 heavy (non-hydrogen) atoms. The molecule has 2 aliphatic rings. The number of para-hydroxylation sites is 1. The van der Waals surface area contributed by atoms with Gasteiger partial charge in [-0.2, -0.15) is 0 Å². The van der Waals surface area contributed by atoms with Crippen molar-refractivity contribution >= 4 is 22.4 Å². The van der Waals surface area contributed by atoms with Crippen LogP contribution in [0.4, 0.5) is 5.69 Å². The van der Waals surface area contributed by atoms with E-state index >= 15 is 0 Å². The average molecular weight is 373 g/mol. The molecule has 0 fully saturated rings. The molecule has 0 saturated heterocycles. The Hall–Kier alpha value is -3.01. The summed E-state index contributed by atoms with van der Waals surface area (Å²) in [5.74, 6) is 1.21. The lowest BCUT2D eigenvalue weighted by atomic mass is 10.0. The van der Waals surface area contributed by atoms with Gasteiger partial charge in [-0.1, -0.05) is 36.4 Å². The maximum absolute atomic E-state index is 12.6. The van der Waals surface area contributed by atoms with Gasteiger partial charge in [0.25, 0.3) is 5.91 Å². The van der Waals surface area contributed by atoms with Crippen LogP contribution in [0.5, 0.6) is 11.5 Å². The smallest absolute Gasteiger partial charge is 0.262 e. The molecule has 0 bridgehead atoms. The van der Waals surface area contributed by atoms with E-state index in [1.165, 1.54) is 16.5 Å². The number of nitrogens with one attached hydrogen (secondary N) is 1. The Balaban J connectivity index is 1.33. The molecular weight excluding hydrogens is 350 g/mol. The molecule has 0 aromatic heterocycles. The lowest BCUT2D eigenvalue weighted by Gasteiger charge is -2.18. The van der Waals surface area contributed by atoms with Crippen LogP contribution < -0.4 is 14.8 Å². The van der Waals surface area contributed by atoms with Crippen molar-refractivity contribution in [3.8, 4) is 11.5 Å². The van der Waals surface area contributed by atoms with Crippen LogP contribution in [0.15, 0.2) is 48.5 Å². The number of fused-ring (bicyclic) bond motifs is 1. The van der Waals surface area contributed by atoms with Crippen LogP contribution in [-0.4, -0.2) is 18.1 Å². The lowest BCUT2D eigenvalue weighted by molar-refractivity contribution is -0.118. The van der Waals surface area contributed by atoms with Crippen molar-refractivity contribution in [1.29, 1.82) is 0 Å². The average Bonchev–Trinajstić information content (AvgIpc) is 3.23. The monoisotopic (exact) mass is 373 g/mol. The number of carbonyl (C=O) groups is 1. The number of amides is 1. The van der Waals surface area contributed by atoms with Crippen molar-refractivity contribution < 1.29 is 14.3 Å². The van der Waals surface area contributed by atoms with E-state index in [9.17, 15) is 4.79 Å². The molecule has 3 aromatic carbocycles. The fourth-order valence-corrected chi connectivity index (χ4v) is 4.39. The van der Waals surface area contributed by atoms with Crippen molar-refractivity contribution in [3.63, 3.8) is 0 Å². The fraction of sp³-hybridized carbons (Fsp3) is 0.292. The zero-order valence-corrected chi connectivity index (χ0v) is 16.2. The van der Waals surface area contributed by atoms with Gasteiger partial charge in [-0.05, 0) is 55.3 Å². The molecule has 142 valence electrons. The molecule has 0 saturated carbocycles. The molecule has 1 N–H and O–H groups in total. The summed E-state index contributed by atoms with van der Waals surface area (Å²) >= 11 is 0. The Kier molecular flexibility index (Phi) is 3.83. The Bertz CT molecular complexity index is 1090. The summed E-state index contributed by atoms with van der Waals surface area (Å²) in [5.41, 5.74) is 4.44. The molecule has 1 amide bonds. The fourth-order valence-electron chi connectivity index (χ4n) is 4.39. The third-order valence-electron chi connectivity index (χ3n) is 5.56. The minimum absolute atomic E-state index is 0.0524. The summed E-state index contributed by atoms with van der Waals surface area (Å²) in [5, 5.41) is 5.41. The zero-order chi connectivity index (χ0) is 19.3. The Morgan fingerprint density at radius 2 is 1.79 bits per heavy atom. The summed E-state index contributed by atoms with van der Waals surface area (Å²) in [6, 6.07) is 16.3. The number of ether oxygens (including phenoxy) is 2. The van der Waals surface area contributed by atoms with E-state index in [1.807, 2.05) is 24.3 Å². The molecular formula is C24H23NO3. The predicted molar refractivity (Wildman–Crippen MR) is 110 cm³/mol. The van der Waals surface area contributed by atoms with E-state index in [1.54, 1.807) is 0 Å². The van der Waals surface area contributed by atoms with Crippen LogP contribution in [0, 0.1) is 0 Å². The highest BCUT2D eigenvalue weighted by Gasteiger charge is 2.32. The SMILES string of the molecule is CC1(C)Cc2cccc(OCC(=O)Nc3ccc4c5c(cccc35)CC4)c2O1. The highest BCUT2D eigenvalue weighted by atomic mass is 16.5. The first-order valence-electron chi connectivity index (χ1n) is 9.77. The van der Waals surface area contributed by atoms with Crippen molar-refractivity contribution in [2.75, 3.05) is 11.9 Å². The van der Waals surface area contributed by atoms with E-state index in [4.69, 9.17) is 9.47 Å². The third kappa shape index (κ3) is 2.89. The quantitative estimate of drug-likeness (QED) is 0.723. The first-order chi connectivity index (χ1) is 13.5. The number of aryl methyl sites for hydroxylation is 2. The maximum atomic E-state index is 12.6. The van der Waals surface area contributed by atoms with Gasteiger partial charge in [-0.3, -0.25) is 4.79 Å². The predicted octanol–water partition coefficient (Wildman–Crippen LogP) is 4.67. The van der Waals surface area contributed by atoms with E-state index < -0.39 is 0 Å². The molecule has 3 aromatic rings. The van der Waals surface area contributed by atoms with Gasteiger partial charge >= 0.3 is 0 Å². The number of carbonyl (C=O) groups excluding carboxylic acids is 1. The Labute approximate surface area is 164 Å². The molecule has 5 rings (SSSR count). The highest BCUT2D eigenvalue weighted by Crippen LogP contribution is 2.41. The summed E-state index contributed by atoms with van der Waals surface area (Å²) in [4.78, 5) is 12.6. The summed E-state index contributed by atoms with van der Waals surface area (Å²) < 4.78 is 11.8. The van der Waals surface area contributed by atoms with Crippen LogP contribution in [0.3, 0.4) is 0 Å². The molecule has 4 nitrogen and oxygen atoms in total. The van der Waals surface area contributed by atoms with E-state index in [-0.39, 0.29) is 18.1 Å². The standard InChI is InChI=1S/C24H23NO3/c1-24(2)13-17-6-4-8-20(23(17)28-24)27-14-21(26)25-19-12-11-16-10-9-15-5-3-7-18(19)22(15)16/h3-8,11-12H,9-10,13-14H2,1-2H3,(H,25,26). The summed E-state index contributed by atoms with van der Waals surface area (Å²) in [6.45, 7) is 4.06. The number of benzene rings is 3. The normalized spacial score (nSPS) is 15.9. The lowest BCUT2D eigenvalue weighted by Crippen LogP contribution is -2.25.